The SMILES string of the molecule is Cc1cc(C(COC(=O)N2CCC(N3Cc4ccccc4NC3=O)CC2)c2cc3ccccc3cn2)cc2cn(COCC[Si](C)(C)C)nc12. The first kappa shape index (κ1) is 33.7. The van der Waals surface area contributed by atoms with E-state index >= 15 is 0 Å². The average Bonchev–Trinajstić information content (AvgIpc) is 3.53. The molecule has 11 heteroatoms. The van der Waals surface area contributed by atoms with E-state index in [1.165, 1.54) is 0 Å². The fraction of sp³-hybridized carbons (Fsp3) is 0.385. The zero-order valence-electron chi connectivity index (χ0n) is 29.4. The standard InChI is InChI=1S/C39H46N6O4Si/c1-27-19-31(20-32-23-44(42-37(27)32)26-48-17-18-50(2,3)4)34(36-21-28-9-5-6-10-29(28)22-40-36)25-49-39(47)43-15-13-33(14-16-43)45-24-30-11-7-8-12-35(30)41-38(45)46/h5-12,19-23,33-34H,13-18,24-26H2,1-4H3,(H,41,46). The minimum absolute atomic E-state index is 0.0586. The Kier molecular flexibility index (Phi) is 9.61. The lowest BCUT2D eigenvalue weighted by molar-refractivity contribution is 0.0760. The second-order valence-corrected chi connectivity index (χ2v) is 20.4. The van der Waals surface area contributed by atoms with E-state index in [-0.39, 0.29) is 30.7 Å². The Morgan fingerprint density at radius 2 is 1.76 bits per heavy atom. The molecule has 7 rings (SSSR count). The van der Waals surface area contributed by atoms with Gasteiger partial charge in [0.25, 0.3) is 0 Å². The smallest absolute Gasteiger partial charge is 0.409 e. The van der Waals surface area contributed by atoms with Crippen molar-refractivity contribution >= 4 is 47.6 Å². The highest BCUT2D eigenvalue weighted by atomic mass is 28.3. The minimum atomic E-state index is -1.17. The van der Waals surface area contributed by atoms with Gasteiger partial charge in [0.2, 0.25) is 0 Å². The summed E-state index contributed by atoms with van der Waals surface area (Å²) in [6, 6.07) is 23.5. The van der Waals surface area contributed by atoms with Gasteiger partial charge in [0.15, 0.2) is 0 Å². The van der Waals surface area contributed by atoms with Crippen LogP contribution in [0.15, 0.2) is 79.1 Å². The number of para-hydroxylation sites is 1. The molecule has 1 unspecified atom stereocenters. The number of likely N-dealkylation sites (tertiary alicyclic amines) is 1. The maximum absolute atomic E-state index is 13.5. The molecule has 1 saturated heterocycles. The minimum Gasteiger partial charge on any atom is -0.448 e. The van der Waals surface area contributed by atoms with Crippen molar-refractivity contribution in [3.8, 4) is 0 Å². The van der Waals surface area contributed by atoms with E-state index in [9.17, 15) is 9.59 Å². The van der Waals surface area contributed by atoms with Crippen LogP contribution in [-0.4, -0.2) is 77.1 Å². The molecule has 2 aliphatic rings. The Balaban J connectivity index is 1.06. The molecule has 0 spiro atoms. The number of piperidine rings is 1. The molecule has 3 aromatic carbocycles. The predicted octanol–water partition coefficient (Wildman–Crippen LogP) is 7.99. The molecule has 0 saturated carbocycles. The Morgan fingerprint density at radius 1 is 1.00 bits per heavy atom. The summed E-state index contributed by atoms with van der Waals surface area (Å²) in [6.07, 6.45) is 4.97. The van der Waals surface area contributed by atoms with Crippen molar-refractivity contribution in [1.82, 2.24) is 24.6 Å². The van der Waals surface area contributed by atoms with Gasteiger partial charge in [-0.1, -0.05) is 68.2 Å². The lowest BCUT2D eigenvalue weighted by atomic mass is 9.92. The molecule has 10 nitrogen and oxygen atoms in total. The number of carbonyl (C=O) groups is 2. The number of fused-ring (bicyclic) bond motifs is 3. The van der Waals surface area contributed by atoms with E-state index in [0.29, 0.717) is 39.2 Å². The number of anilines is 1. The summed E-state index contributed by atoms with van der Waals surface area (Å²) in [5.41, 5.74) is 5.80. The van der Waals surface area contributed by atoms with Crippen LogP contribution < -0.4 is 5.32 Å². The number of carbonyl (C=O) groups excluding carboxylic acids is 2. The van der Waals surface area contributed by atoms with Gasteiger partial charge in [-0.25, -0.2) is 14.3 Å². The van der Waals surface area contributed by atoms with E-state index in [0.717, 1.165) is 62.4 Å². The van der Waals surface area contributed by atoms with Crippen molar-refractivity contribution in [2.24, 2.45) is 0 Å². The number of pyridine rings is 1. The van der Waals surface area contributed by atoms with Crippen LogP contribution in [0.25, 0.3) is 21.7 Å². The second-order valence-electron chi connectivity index (χ2n) is 14.8. The predicted molar refractivity (Wildman–Crippen MR) is 199 cm³/mol. The molecular formula is C39H46N6O4Si. The summed E-state index contributed by atoms with van der Waals surface area (Å²) in [5.74, 6) is -0.280. The van der Waals surface area contributed by atoms with Gasteiger partial charge in [-0.3, -0.25) is 4.98 Å². The van der Waals surface area contributed by atoms with Gasteiger partial charge in [0, 0.05) is 69.2 Å². The fourth-order valence-corrected chi connectivity index (χ4v) is 7.72. The average molecular weight is 691 g/mol. The van der Waals surface area contributed by atoms with Gasteiger partial charge in [0.05, 0.1) is 17.1 Å². The van der Waals surface area contributed by atoms with Gasteiger partial charge >= 0.3 is 12.1 Å². The van der Waals surface area contributed by atoms with Gasteiger partial charge < -0.3 is 24.6 Å². The van der Waals surface area contributed by atoms with Crippen LogP contribution in [0.4, 0.5) is 15.3 Å². The first-order valence-electron chi connectivity index (χ1n) is 17.6. The Bertz CT molecular complexity index is 2020. The third-order valence-electron chi connectivity index (χ3n) is 9.90. The maximum atomic E-state index is 13.5. The topological polar surface area (TPSA) is 102 Å². The van der Waals surface area contributed by atoms with Crippen molar-refractivity contribution < 1.29 is 19.1 Å². The van der Waals surface area contributed by atoms with E-state index in [4.69, 9.17) is 19.6 Å². The van der Waals surface area contributed by atoms with Crippen LogP contribution in [0.1, 0.15) is 41.1 Å². The van der Waals surface area contributed by atoms with E-state index < -0.39 is 8.07 Å². The lowest BCUT2D eigenvalue weighted by Crippen LogP contribution is -2.51. The molecule has 1 atom stereocenters. The molecular weight excluding hydrogens is 645 g/mol. The molecule has 260 valence electrons. The van der Waals surface area contributed by atoms with Crippen molar-refractivity contribution in [3.63, 3.8) is 0 Å². The first-order chi connectivity index (χ1) is 24.1. The molecule has 1 N–H and O–H groups in total. The second kappa shape index (κ2) is 14.2. The van der Waals surface area contributed by atoms with Crippen molar-refractivity contribution in [2.45, 2.75) is 70.7 Å². The maximum Gasteiger partial charge on any atom is 0.409 e. The van der Waals surface area contributed by atoms with Crippen LogP contribution in [0, 0.1) is 6.92 Å². The van der Waals surface area contributed by atoms with Crippen LogP contribution in [0.2, 0.25) is 25.7 Å². The van der Waals surface area contributed by atoms with E-state index in [1.807, 2.05) is 64.4 Å². The summed E-state index contributed by atoms with van der Waals surface area (Å²) in [4.78, 5) is 34.9. The summed E-state index contributed by atoms with van der Waals surface area (Å²) in [5, 5.41) is 11.0. The highest BCUT2D eigenvalue weighted by Gasteiger charge is 2.33. The molecule has 50 heavy (non-hydrogen) atoms. The summed E-state index contributed by atoms with van der Waals surface area (Å²) in [6.45, 7) is 12.0. The summed E-state index contributed by atoms with van der Waals surface area (Å²) >= 11 is 0. The molecule has 2 aromatic heterocycles. The number of benzene rings is 3. The third kappa shape index (κ3) is 7.53. The van der Waals surface area contributed by atoms with E-state index in [2.05, 4.69) is 56.1 Å². The summed E-state index contributed by atoms with van der Waals surface area (Å²) < 4.78 is 13.9. The molecule has 3 amide bonds. The molecule has 4 heterocycles. The van der Waals surface area contributed by atoms with Gasteiger partial charge in [-0.2, -0.15) is 5.10 Å². The number of amides is 3. The molecule has 1 fully saturated rings. The number of ether oxygens (including phenoxy) is 2. The third-order valence-corrected chi connectivity index (χ3v) is 11.6. The number of aromatic nitrogens is 3. The normalized spacial score (nSPS) is 16.0. The Labute approximate surface area is 294 Å². The fourth-order valence-electron chi connectivity index (χ4n) is 6.96. The molecule has 0 aliphatic carbocycles. The molecule has 5 aromatic rings. The monoisotopic (exact) mass is 690 g/mol. The number of hydrogen-bond donors (Lipinski definition) is 1. The number of rotatable bonds is 10. The highest BCUT2D eigenvalue weighted by Crippen LogP contribution is 2.32. The first-order valence-corrected chi connectivity index (χ1v) is 21.3. The van der Waals surface area contributed by atoms with Gasteiger partial charge in [-0.15, -0.1) is 0 Å². The van der Waals surface area contributed by atoms with Crippen LogP contribution >= 0.6 is 0 Å². The van der Waals surface area contributed by atoms with E-state index in [1.54, 1.807) is 4.90 Å². The number of nitrogens with one attached hydrogen (secondary N) is 1. The summed E-state index contributed by atoms with van der Waals surface area (Å²) in [7, 11) is -1.17. The highest BCUT2D eigenvalue weighted by molar-refractivity contribution is 6.76. The van der Waals surface area contributed by atoms with Gasteiger partial charge in [-0.05, 0) is 66.1 Å². The van der Waals surface area contributed by atoms with Gasteiger partial charge in [0.1, 0.15) is 13.3 Å². The number of aryl methyl sites for hydroxylation is 1. The molecule has 0 radical (unpaired) electrons. The number of urea groups is 1. The van der Waals surface area contributed by atoms with Crippen LogP contribution in [0.5, 0.6) is 0 Å². The van der Waals surface area contributed by atoms with Crippen LogP contribution in [-0.2, 0) is 22.7 Å². The number of hydrogen-bond acceptors (Lipinski definition) is 6. The van der Waals surface area contributed by atoms with Crippen molar-refractivity contribution in [2.75, 3.05) is 31.6 Å². The van der Waals surface area contributed by atoms with Crippen molar-refractivity contribution in [3.05, 3.63) is 102 Å². The number of nitrogens with zero attached hydrogens (tertiary/aromatic N) is 5. The lowest BCUT2D eigenvalue weighted by Gasteiger charge is -2.40. The molecule has 2 aliphatic heterocycles. The Morgan fingerprint density at radius 3 is 2.56 bits per heavy atom. The van der Waals surface area contributed by atoms with Crippen LogP contribution in [0.3, 0.4) is 0 Å². The Hall–Kier alpha value is -4.74. The zero-order chi connectivity index (χ0) is 34.8. The largest absolute Gasteiger partial charge is 0.448 e. The molecule has 0 bridgehead atoms. The van der Waals surface area contributed by atoms with Crippen molar-refractivity contribution in [1.29, 1.82) is 0 Å². The zero-order valence-corrected chi connectivity index (χ0v) is 30.4. The quantitative estimate of drug-likeness (QED) is 0.118.